The SMILES string of the molecule is Cc1cc(C(=O)NC(C)C(=O)NCC(C)C)ccc1NN. The van der Waals surface area contributed by atoms with Gasteiger partial charge in [0.25, 0.3) is 5.91 Å². The molecule has 0 aromatic heterocycles. The van der Waals surface area contributed by atoms with Gasteiger partial charge >= 0.3 is 0 Å². The van der Waals surface area contributed by atoms with Crippen molar-refractivity contribution in [2.24, 2.45) is 11.8 Å². The van der Waals surface area contributed by atoms with Crippen molar-refractivity contribution in [3.05, 3.63) is 29.3 Å². The second-order valence-electron chi connectivity index (χ2n) is 5.51. The van der Waals surface area contributed by atoms with Gasteiger partial charge in [0.05, 0.1) is 5.69 Å². The number of carbonyl (C=O) groups is 2. The van der Waals surface area contributed by atoms with Crippen LogP contribution >= 0.6 is 0 Å². The van der Waals surface area contributed by atoms with Crippen molar-refractivity contribution < 1.29 is 9.59 Å². The minimum absolute atomic E-state index is 0.186. The quantitative estimate of drug-likeness (QED) is 0.467. The molecule has 0 bridgehead atoms. The van der Waals surface area contributed by atoms with Gasteiger partial charge in [0.2, 0.25) is 5.91 Å². The largest absolute Gasteiger partial charge is 0.354 e. The Bertz CT molecular complexity index is 514. The molecule has 1 rings (SSSR count). The number of amides is 2. The summed E-state index contributed by atoms with van der Waals surface area (Å²) in [6.45, 7) is 8.13. The van der Waals surface area contributed by atoms with Crippen molar-refractivity contribution in [2.75, 3.05) is 12.0 Å². The fraction of sp³-hybridized carbons (Fsp3) is 0.467. The highest BCUT2D eigenvalue weighted by Crippen LogP contribution is 2.15. The highest BCUT2D eigenvalue weighted by atomic mass is 16.2. The molecule has 0 saturated carbocycles. The Morgan fingerprint density at radius 2 is 1.90 bits per heavy atom. The minimum Gasteiger partial charge on any atom is -0.354 e. The average Bonchev–Trinajstić information content (AvgIpc) is 2.44. The van der Waals surface area contributed by atoms with E-state index in [9.17, 15) is 9.59 Å². The topological polar surface area (TPSA) is 96.2 Å². The van der Waals surface area contributed by atoms with Crippen LogP contribution in [0.15, 0.2) is 18.2 Å². The van der Waals surface area contributed by atoms with Crippen LogP contribution in [0.3, 0.4) is 0 Å². The van der Waals surface area contributed by atoms with Crippen LogP contribution in [-0.4, -0.2) is 24.4 Å². The van der Waals surface area contributed by atoms with E-state index in [1.807, 2.05) is 20.8 Å². The molecule has 21 heavy (non-hydrogen) atoms. The van der Waals surface area contributed by atoms with E-state index < -0.39 is 6.04 Å². The first-order valence-corrected chi connectivity index (χ1v) is 7.01. The first kappa shape index (κ1) is 17.0. The maximum atomic E-state index is 12.1. The number of hydrogen-bond donors (Lipinski definition) is 4. The molecule has 2 amide bonds. The monoisotopic (exact) mass is 292 g/mol. The molecule has 0 aliphatic carbocycles. The van der Waals surface area contributed by atoms with Gasteiger partial charge in [-0.25, -0.2) is 0 Å². The minimum atomic E-state index is -0.580. The van der Waals surface area contributed by atoms with E-state index in [4.69, 9.17) is 5.84 Å². The highest BCUT2D eigenvalue weighted by molar-refractivity contribution is 5.97. The number of nitrogens with two attached hydrogens (primary N) is 1. The maximum Gasteiger partial charge on any atom is 0.251 e. The third-order valence-corrected chi connectivity index (χ3v) is 3.07. The van der Waals surface area contributed by atoms with Crippen LogP contribution in [0.2, 0.25) is 0 Å². The van der Waals surface area contributed by atoms with Gasteiger partial charge in [0.15, 0.2) is 0 Å². The summed E-state index contributed by atoms with van der Waals surface area (Å²) in [4.78, 5) is 23.9. The predicted molar refractivity (Wildman–Crippen MR) is 83.8 cm³/mol. The number of hydrazine groups is 1. The van der Waals surface area contributed by atoms with Gasteiger partial charge in [-0.3, -0.25) is 15.4 Å². The Balaban J connectivity index is 2.64. The van der Waals surface area contributed by atoms with Gasteiger partial charge in [-0.15, -0.1) is 0 Å². The second kappa shape index (κ2) is 7.64. The maximum absolute atomic E-state index is 12.1. The van der Waals surface area contributed by atoms with E-state index >= 15 is 0 Å². The summed E-state index contributed by atoms with van der Waals surface area (Å²) in [6, 6.07) is 4.54. The lowest BCUT2D eigenvalue weighted by Gasteiger charge is -2.15. The van der Waals surface area contributed by atoms with Crippen LogP contribution < -0.4 is 21.9 Å². The normalized spacial score (nSPS) is 11.9. The highest BCUT2D eigenvalue weighted by Gasteiger charge is 2.16. The molecule has 6 heteroatoms. The van der Waals surface area contributed by atoms with Crippen LogP contribution in [0.5, 0.6) is 0 Å². The van der Waals surface area contributed by atoms with Crippen LogP contribution in [0.1, 0.15) is 36.7 Å². The van der Waals surface area contributed by atoms with Crippen molar-refractivity contribution in [2.45, 2.75) is 33.7 Å². The lowest BCUT2D eigenvalue weighted by molar-refractivity contribution is -0.122. The molecule has 0 aliphatic rings. The van der Waals surface area contributed by atoms with Crippen molar-refractivity contribution >= 4 is 17.5 Å². The van der Waals surface area contributed by atoms with E-state index in [0.717, 1.165) is 11.3 Å². The Kier molecular flexibility index (Phi) is 6.17. The Hall–Kier alpha value is -2.08. The molecule has 0 fully saturated rings. The van der Waals surface area contributed by atoms with Gasteiger partial charge in [0.1, 0.15) is 6.04 Å². The average molecular weight is 292 g/mol. The van der Waals surface area contributed by atoms with Crippen LogP contribution in [-0.2, 0) is 4.79 Å². The third-order valence-electron chi connectivity index (χ3n) is 3.07. The number of nitrogens with one attached hydrogen (secondary N) is 3. The number of carbonyl (C=O) groups excluding carboxylic acids is 2. The summed E-state index contributed by atoms with van der Waals surface area (Å²) in [5, 5.41) is 5.47. The lowest BCUT2D eigenvalue weighted by Crippen LogP contribution is -2.45. The number of aryl methyl sites for hydroxylation is 1. The lowest BCUT2D eigenvalue weighted by atomic mass is 10.1. The number of rotatable bonds is 6. The fourth-order valence-electron chi connectivity index (χ4n) is 1.77. The number of hydrogen-bond acceptors (Lipinski definition) is 4. The summed E-state index contributed by atoms with van der Waals surface area (Å²) in [6.07, 6.45) is 0. The zero-order chi connectivity index (χ0) is 16.0. The Morgan fingerprint density at radius 1 is 1.24 bits per heavy atom. The molecule has 1 aromatic rings. The standard InChI is InChI=1S/C15H24N4O2/c1-9(2)8-17-14(20)11(4)18-15(21)12-5-6-13(19-16)10(3)7-12/h5-7,9,11,19H,8,16H2,1-4H3,(H,17,20)(H,18,21). The van der Waals surface area contributed by atoms with Crippen molar-refractivity contribution in [1.82, 2.24) is 10.6 Å². The third kappa shape index (κ3) is 5.07. The molecule has 116 valence electrons. The molecule has 1 aromatic carbocycles. The molecule has 1 atom stereocenters. The number of benzene rings is 1. The Labute approximate surface area is 125 Å². The van der Waals surface area contributed by atoms with E-state index in [-0.39, 0.29) is 11.8 Å². The summed E-state index contributed by atoms with van der Waals surface area (Å²) < 4.78 is 0. The smallest absolute Gasteiger partial charge is 0.251 e. The van der Waals surface area contributed by atoms with Gasteiger partial charge < -0.3 is 16.1 Å². The van der Waals surface area contributed by atoms with E-state index in [1.54, 1.807) is 25.1 Å². The van der Waals surface area contributed by atoms with Crippen LogP contribution in [0, 0.1) is 12.8 Å². The van der Waals surface area contributed by atoms with Crippen molar-refractivity contribution in [3.8, 4) is 0 Å². The van der Waals surface area contributed by atoms with Gasteiger partial charge in [0, 0.05) is 12.1 Å². The molecule has 0 aliphatic heterocycles. The molecular weight excluding hydrogens is 268 g/mol. The van der Waals surface area contributed by atoms with Gasteiger partial charge in [-0.2, -0.15) is 0 Å². The zero-order valence-corrected chi connectivity index (χ0v) is 13.0. The molecule has 5 N–H and O–H groups in total. The molecule has 1 unspecified atom stereocenters. The molecular formula is C15H24N4O2. The fourth-order valence-corrected chi connectivity index (χ4v) is 1.77. The molecule has 0 radical (unpaired) electrons. The summed E-state index contributed by atoms with van der Waals surface area (Å²) in [5.74, 6) is 5.25. The van der Waals surface area contributed by atoms with Crippen LogP contribution in [0.4, 0.5) is 5.69 Å². The van der Waals surface area contributed by atoms with Gasteiger partial charge in [-0.05, 0) is 43.5 Å². The molecule has 0 heterocycles. The van der Waals surface area contributed by atoms with E-state index in [1.165, 1.54) is 0 Å². The number of anilines is 1. The number of nitrogen functional groups attached to an aromatic ring is 1. The van der Waals surface area contributed by atoms with Gasteiger partial charge in [-0.1, -0.05) is 13.8 Å². The molecule has 0 spiro atoms. The Morgan fingerprint density at radius 3 is 2.43 bits per heavy atom. The van der Waals surface area contributed by atoms with Crippen LogP contribution in [0.25, 0.3) is 0 Å². The summed E-state index contributed by atoms with van der Waals surface area (Å²) in [5.41, 5.74) is 4.67. The second-order valence-corrected chi connectivity index (χ2v) is 5.51. The molecule has 6 nitrogen and oxygen atoms in total. The summed E-state index contributed by atoms with van der Waals surface area (Å²) in [7, 11) is 0. The zero-order valence-electron chi connectivity index (χ0n) is 13.0. The van der Waals surface area contributed by atoms with Crippen molar-refractivity contribution in [1.29, 1.82) is 0 Å². The van der Waals surface area contributed by atoms with E-state index in [0.29, 0.717) is 18.0 Å². The predicted octanol–water partition coefficient (Wildman–Crippen LogP) is 1.17. The molecule has 0 saturated heterocycles. The van der Waals surface area contributed by atoms with Crippen molar-refractivity contribution in [3.63, 3.8) is 0 Å². The first-order chi connectivity index (χ1) is 9.85. The van der Waals surface area contributed by atoms with E-state index in [2.05, 4.69) is 16.1 Å². The summed E-state index contributed by atoms with van der Waals surface area (Å²) >= 11 is 0. The first-order valence-electron chi connectivity index (χ1n) is 7.01.